The number of nitrogens with one attached hydrogen (secondary N) is 1. The Labute approximate surface area is 184 Å². The van der Waals surface area contributed by atoms with Crippen LogP contribution in [0.2, 0.25) is 0 Å². The van der Waals surface area contributed by atoms with E-state index in [0.717, 1.165) is 16.6 Å². The van der Waals surface area contributed by atoms with E-state index < -0.39 is 5.54 Å². The van der Waals surface area contributed by atoms with Gasteiger partial charge in [-0.3, -0.25) is 14.6 Å². The highest BCUT2D eigenvalue weighted by Gasteiger charge is 2.42. The smallest absolute Gasteiger partial charge is 0.290 e. The van der Waals surface area contributed by atoms with Crippen LogP contribution in [0.5, 0.6) is 5.75 Å². The van der Waals surface area contributed by atoms with Crippen molar-refractivity contribution in [2.45, 2.75) is 18.9 Å². The van der Waals surface area contributed by atoms with Gasteiger partial charge in [-0.25, -0.2) is 4.52 Å². The van der Waals surface area contributed by atoms with Gasteiger partial charge in [0.2, 0.25) is 0 Å². The Bertz CT molecular complexity index is 1220. The Morgan fingerprint density at radius 2 is 1.97 bits per heavy atom. The minimum Gasteiger partial charge on any atom is -0.491 e. The molecule has 4 aromatic rings. The van der Waals surface area contributed by atoms with Crippen molar-refractivity contribution in [2.24, 2.45) is 0 Å². The van der Waals surface area contributed by atoms with Gasteiger partial charge in [-0.05, 0) is 42.8 Å². The van der Waals surface area contributed by atoms with E-state index in [0.29, 0.717) is 30.2 Å². The first-order valence-electron chi connectivity index (χ1n) is 10.1. The van der Waals surface area contributed by atoms with Crippen molar-refractivity contribution in [3.05, 3.63) is 95.6 Å². The molecule has 0 saturated carbocycles. The minimum absolute atomic E-state index is 0.243. The second-order valence-electron chi connectivity index (χ2n) is 7.38. The summed E-state index contributed by atoms with van der Waals surface area (Å²) in [6.45, 7) is 2.28. The molecule has 1 aliphatic rings. The van der Waals surface area contributed by atoms with Crippen LogP contribution in [0.1, 0.15) is 33.7 Å². The Balaban J connectivity index is 0.000000775. The van der Waals surface area contributed by atoms with Gasteiger partial charge in [0.15, 0.2) is 5.69 Å². The lowest BCUT2D eigenvalue weighted by atomic mass is 9.81. The molecule has 1 atom stereocenters. The Morgan fingerprint density at radius 1 is 1.19 bits per heavy atom. The minimum atomic E-state index is -0.782. The summed E-state index contributed by atoms with van der Waals surface area (Å²) in [6.07, 6.45) is 4.14. The van der Waals surface area contributed by atoms with Crippen molar-refractivity contribution in [1.29, 1.82) is 0 Å². The van der Waals surface area contributed by atoms with E-state index in [-0.39, 0.29) is 12.4 Å². The number of carboxylic acid groups (broad SMARTS) is 1. The number of carbonyl (C=O) groups excluding carboxylic acids is 1. The molecule has 8 nitrogen and oxygen atoms in total. The molecule has 1 amide bonds. The van der Waals surface area contributed by atoms with Crippen LogP contribution in [-0.4, -0.2) is 38.7 Å². The highest BCUT2D eigenvalue weighted by molar-refractivity contribution is 5.94. The Kier molecular flexibility index (Phi) is 5.85. The standard InChI is InChI=1S/C23H20N4O2.CH2O2/c1-16-7-9-17(10-8-16)23(11-14-29-20-6-4-12-24-21(20)23)25-22(28)19-15-18-5-2-3-13-27(18)26-19;2-1-3/h2-10,12-13,15H,11,14H2,1H3,(H,25,28);1H,(H,2,3)/t23-;/m0./s1. The highest BCUT2D eigenvalue weighted by Crippen LogP contribution is 2.40. The average Bonchev–Trinajstić information content (AvgIpc) is 3.25. The van der Waals surface area contributed by atoms with Gasteiger partial charge < -0.3 is 15.2 Å². The topological polar surface area (TPSA) is 106 Å². The van der Waals surface area contributed by atoms with E-state index in [9.17, 15) is 4.79 Å². The van der Waals surface area contributed by atoms with Gasteiger partial charge >= 0.3 is 0 Å². The SMILES string of the molecule is Cc1ccc([C@@]2(NC(=O)c3cc4ccccn4n3)CCOc3cccnc32)cc1.O=CO. The fourth-order valence-electron chi connectivity index (χ4n) is 3.88. The molecule has 1 aromatic carbocycles. The predicted molar refractivity (Wildman–Crippen MR) is 118 cm³/mol. The zero-order chi connectivity index (χ0) is 22.6. The van der Waals surface area contributed by atoms with Crippen LogP contribution in [-0.2, 0) is 10.3 Å². The van der Waals surface area contributed by atoms with Gasteiger partial charge in [0, 0.05) is 18.8 Å². The molecule has 0 fully saturated rings. The molecule has 0 unspecified atom stereocenters. The summed E-state index contributed by atoms with van der Waals surface area (Å²) in [6, 6.07) is 19.4. The van der Waals surface area contributed by atoms with E-state index in [1.165, 1.54) is 0 Å². The zero-order valence-corrected chi connectivity index (χ0v) is 17.4. The summed E-state index contributed by atoms with van der Waals surface area (Å²) in [5.41, 5.74) is 3.30. The number of ether oxygens (including phenoxy) is 1. The Hall–Kier alpha value is -4.20. The summed E-state index contributed by atoms with van der Waals surface area (Å²) in [5.74, 6) is 0.447. The highest BCUT2D eigenvalue weighted by atomic mass is 16.5. The van der Waals surface area contributed by atoms with Gasteiger partial charge in [-0.1, -0.05) is 35.9 Å². The van der Waals surface area contributed by atoms with E-state index in [1.54, 1.807) is 16.8 Å². The van der Waals surface area contributed by atoms with Crippen molar-refractivity contribution >= 4 is 17.9 Å². The van der Waals surface area contributed by atoms with Crippen molar-refractivity contribution < 1.29 is 19.4 Å². The van der Waals surface area contributed by atoms with Crippen LogP contribution in [0, 0.1) is 6.92 Å². The second kappa shape index (κ2) is 8.89. The number of pyridine rings is 2. The van der Waals surface area contributed by atoms with Gasteiger partial charge in [0.1, 0.15) is 17.0 Å². The maximum atomic E-state index is 13.3. The van der Waals surface area contributed by atoms with E-state index in [4.69, 9.17) is 14.6 Å². The maximum absolute atomic E-state index is 13.3. The van der Waals surface area contributed by atoms with Crippen molar-refractivity contribution in [2.75, 3.05) is 6.61 Å². The number of hydrogen-bond donors (Lipinski definition) is 2. The average molecular weight is 430 g/mol. The summed E-state index contributed by atoms with van der Waals surface area (Å²) in [7, 11) is 0. The summed E-state index contributed by atoms with van der Waals surface area (Å²) >= 11 is 0. The van der Waals surface area contributed by atoms with Crippen LogP contribution >= 0.6 is 0 Å². The second-order valence-corrected chi connectivity index (χ2v) is 7.38. The zero-order valence-electron chi connectivity index (χ0n) is 17.4. The molecule has 32 heavy (non-hydrogen) atoms. The first kappa shape index (κ1) is 21.0. The molecule has 1 aliphatic heterocycles. The largest absolute Gasteiger partial charge is 0.491 e. The fraction of sp³-hybridized carbons (Fsp3) is 0.167. The molecule has 4 heterocycles. The van der Waals surface area contributed by atoms with Crippen LogP contribution in [0.3, 0.4) is 0 Å². The van der Waals surface area contributed by atoms with Crippen molar-refractivity contribution in [3.8, 4) is 5.75 Å². The molecular weight excluding hydrogens is 408 g/mol. The first-order chi connectivity index (χ1) is 15.6. The summed E-state index contributed by atoms with van der Waals surface area (Å²) in [5, 5.41) is 14.6. The third-order valence-electron chi connectivity index (χ3n) is 5.38. The number of carbonyl (C=O) groups is 2. The molecule has 0 saturated heterocycles. The summed E-state index contributed by atoms with van der Waals surface area (Å²) < 4.78 is 7.52. The van der Waals surface area contributed by atoms with E-state index in [2.05, 4.69) is 15.4 Å². The number of fused-ring (bicyclic) bond motifs is 2. The summed E-state index contributed by atoms with van der Waals surface area (Å²) in [4.78, 5) is 26.2. The molecule has 2 N–H and O–H groups in total. The first-order valence-corrected chi connectivity index (χ1v) is 10.1. The molecule has 8 heteroatoms. The maximum Gasteiger partial charge on any atom is 0.290 e. The predicted octanol–water partition coefficient (Wildman–Crippen LogP) is 3.19. The number of amides is 1. The van der Waals surface area contributed by atoms with E-state index in [1.807, 2.05) is 67.7 Å². The van der Waals surface area contributed by atoms with E-state index >= 15 is 0 Å². The quantitative estimate of drug-likeness (QED) is 0.484. The molecule has 162 valence electrons. The normalized spacial score (nSPS) is 16.8. The number of aromatic nitrogens is 3. The van der Waals surface area contributed by atoms with Gasteiger partial charge in [-0.2, -0.15) is 5.10 Å². The molecular formula is C24H22N4O4. The van der Waals surface area contributed by atoms with Crippen molar-refractivity contribution in [1.82, 2.24) is 19.9 Å². The van der Waals surface area contributed by atoms with Crippen LogP contribution < -0.4 is 10.1 Å². The lowest BCUT2D eigenvalue weighted by molar-refractivity contribution is -0.122. The Morgan fingerprint density at radius 3 is 2.72 bits per heavy atom. The number of nitrogens with zero attached hydrogens (tertiary/aromatic N) is 3. The molecule has 0 spiro atoms. The number of aryl methyl sites for hydroxylation is 1. The van der Waals surface area contributed by atoms with Crippen molar-refractivity contribution in [3.63, 3.8) is 0 Å². The van der Waals surface area contributed by atoms with Crippen LogP contribution in [0.15, 0.2) is 73.1 Å². The monoisotopic (exact) mass is 430 g/mol. The van der Waals surface area contributed by atoms with Crippen LogP contribution in [0.25, 0.3) is 5.52 Å². The molecule has 3 aromatic heterocycles. The molecule has 0 aliphatic carbocycles. The lowest BCUT2D eigenvalue weighted by Gasteiger charge is -2.38. The molecule has 5 rings (SSSR count). The number of rotatable bonds is 3. The fourth-order valence-corrected chi connectivity index (χ4v) is 3.88. The van der Waals surface area contributed by atoms with Gasteiger partial charge in [0.05, 0.1) is 12.1 Å². The lowest BCUT2D eigenvalue weighted by Crippen LogP contribution is -2.50. The van der Waals surface area contributed by atoms with Gasteiger partial charge in [0.25, 0.3) is 12.4 Å². The number of benzene rings is 1. The third kappa shape index (κ3) is 3.90. The molecule has 0 radical (unpaired) electrons. The third-order valence-corrected chi connectivity index (χ3v) is 5.38. The van der Waals surface area contributed by atoms with Gasteiger partial charge in [-0.15, -0.1) is 0 Å². The number of hydrogen-bond acceptors (Lipinski definition) is 5. The molecule has 0 bridgehead atoms. The van der Waals surface area contributed by atoms with Crippen LogP contribution in [0.4, 0.5) is 0 Å².